The molecule has 0 aromatic heterocycles. The van der Waals surface area contributed by atoms with Crippen molar-refractivity contribution in [2.45, 2.75) is 12.5 Å². The first-order chi connectivity index (χ1) is 7.74. The van der Waals surface area contributed by atoms with Gasteiger partial charge in [-0.2, -0.15) is 0 Å². The summed E-state index contributed by atoms with van der Waals surface area (Å²) in [6.07, 6.45) is 0.458. The van der Waals surface area contributed by atoms with Gasteiger partial charge in [-0.15, -0.1) is 0 Å². The van der Waals surface area contributed by atoms with E-state index in [1.165, 1.54) is 0 Å². The van der Waals surface area contributed by atoms with Gasteiger partial charge < -0.3 is 25.8 Å². The molecule has 1 fully saturated rings. The Balaban J connectivity index is 1.93. The summed E-state index contributed by atoms with van der Waals surface area (Å²) in [4.78, 5) is 13.1. The Labute approximate surface area is 95.8 Å². The first-order valence-electron chi connectivity index (χ1n) is 5.63. The minimum Gasteiger partial charge on any atom is -0.378 e. The van der Waals surface area contributed by atoms with Crippen molar-refractivity contribution in [2.24, 2.45) is 11.5 Å². The standard InChI is InChI=1S/C10H21N3O3/c11-1-3-15-5-6-16-4-2-13-8-9(12)7-10(13)14/h9H,1-8,11-12H2. The normalized spacial score (nSPS) is 20.8. The maximum absolute atomic E-state index is 11.3. The molecular formula is C10H21N3O3. The molecule has 1 amide bonds. The number of nitrogens with two attached hydrogens (primary N) is 2. The molecule has 6 heteroatoms. The predicted molar refractivity (Wildman–Crippen MR) is 59.9 cm³/mol. The number of ether oxygens (including phenoxy) is 2. The van der Waals surface area contributed by atoms with Crippen molar-refractivity contribution < 1.29 is 14.3 Å². The second-order valence-corrected chi connectivity index (χ2v) is 3.82. The molecule has 0 spiro atoms. The highest BCUT2D eigenvalue weighted by Crippen LogP contribution is 2.07. The van der Waals surface area contributed by atoms with Gasteiger partial charge in [0.1, 0.15) is 0 Å². The lowest BCUT2D eigenvalue weighted by Crippen LogP contribution is -2.31. The molecule has 94 valence electrons. The first kappa shape index (κ1) is 13.4. The number of hydrogen-bond donors (Lipinski definition) is 2. The minimum atomic E-state index is -0.0135. The van der Waals surface area contributed by atoms with Crippen LogP contribution >= 0.6 is 0 Å². The zero-order valence-electron chi connectivity index (χ0n) is 9.56. The van der Waals surface area contributed by atoms with Gasteiger partial charge in [0.05, 0.1) is 26.4 Å². The van der Waals surface area contributed by atoms with Gasteiger partial charge in [-0.05, 0) is 0 Å². The molecule has 16 heavy (non-hydrogen) atoms. The lowest BCUT2D eigenvalue weighted by atomic mass is 10.3. The van der Waals surface area contributed by atoms with Gasteiger partial charge in [-0.25, -0.2) is 0 Å². The number of carbonyl (C=O) groups is 1. The molecular weight excluding hydrogens is 210 g/mol. The number of carbonyl (C=O) groups excluding carboxylic acids is 1. The van der Waals surface area contributed by atoms with Crippen LogP contribution in [0.2, 0.25) is 0 Å². The maximum Gasteiger partial charge on any atom is 0.224 e. The molecule has 1 rings (SSSR count). The molecule has 0 saturated carbocycles. The van der Waals surface area contributed by atoms with E-state index in [1.807, 2.05) is 0 Å². The van der Waals surface area contributed by atoms with E-state index in [0.717, 1.165) is 0 Å². The molecule has 1 heterocycles. The third-order valence-electron chi connectivity index (χ3n) is 2.38. The average Bonchev–Trinajstić information content (AvgIpc) is 2.56. The van der Waals surface area contributed by atoms with E-state index in [4.69, 9.17) is 20.9 Å². The van der Waals surface area contributed by atoms with Gasteiger partial charge in [-0.3, -0.25) is 4.79 Å². The van der Waals surface area contributed by atoms with Crippen molar-refractivity contribution in [3.8, 4) is 0 Å². The van der Waals surface area contributed by atoms with Gasteiger partial charge in [0.15, 0.2) is 0 Å². The molecule has 1 atom stereocenters. The number of amides is 1. The van der Waals surface area contributed by atoms with Crippen molar-refractivity contribution in [2.75, 3.05) is 46.1 Å². The Kier molecular flexibility index (Phi) is 6.32. The van der Waals surface area contributed by atoms with Crippen LogP contribution in [0.15, 0.2) is 0 Å². The monoisotopic (exact) mass is 231 g/mol. The molecule has 0 aromatic rings. The zero-order valence-corrected chi connectivity index (χ0v) is 9.56. The van der Waals surface area contributed by atoms with Gasteiger partial charge in [0.25, 0.3) is 0 Å². The first-order valence-corrected chi connectivity index (χ1v) is 5.63. The van der Waals surface area contributed by atoms with Crippen LogP contribution in [0.3, 0.4) is 0 Å². The molecule has 0 bridgehead atoms. The molecule has 1 aliphatic rings. The highest BCUT2D eigenvalue weighted by atomic mass is 16.5. The van der Waals surface area contributed by atoms with Crippen LogP contribution in [0, 0.1) is 0 Å². The smallest absolute Gasteiger partial charge is 0.224 e. The Morgan fingerprint density at radius 2 is 1.94 bits per heavy atom. The molecule has 0 aliphatic carbocycles. The van der Waals surface area contributed by atoms with Crippen LogP contribution in [0.4, 0.5) is 0 Å². The summed E-state index contributed by atoms with van der Waals surface area (Å²) in [7, 11) is 0. The molecule has 0 radical (unpaired) electrons. The number of likely N-dealkylation sites (tertiary alicyclic amines) is 1. The number of hydrogen-bond acceptors (Lipinski definition) is 5. The fourth-order valence-corrected chi connectivity index (χ4v) is 1.60. The molecule has 1 saturated heterocycles. The van der Waals surface area contributed by atoms with Crippen LogP contribution in [0.1, 0.15) is 6.42 Å². The van der Waals surface area contributed by atoms with Gasteiger partial charge >= 0.3 is 0 Å². The van der Waals surface area contributed by atoms with Gasteiger partial charge in [-0.1, -0.05) is 0 Å². The summed E-state index contributed by atoms with van der Waals surface area (Å²) in [5.74, 6) is 0.121. The van der Waals surface area contributed by atoms with Crippen molar-refractivity contribution in [3.63, 3.8) is 0 Å². The fourth-order valence-electron chi connectivity index (χ4n) is 1.60. The van der Waals surface area contributed by atoms with Crippen LogP contribution in [0.5, 0.6) is 0 Å². The molecule has 4 N–H and O–H groups in total. The predicted octanol–water partition coefficient (Wildman–Crippen LogP) is -1.46. The second kappa shape index (κ2) is 7.56. The van der Waals surface area contributed by atoms with E-state index in [0.29, 0.717) is 52.5 Å². The highest BCUT2D eigenvalue weighted by Gasteiger charge is 2.25. The summed E-state index contributed by atoms with van der Waals surface area (Å²) in [5.41, 5.74) is 10.9. The minimum absolute atomic E-state index is 0.0135. The topological polar surface area (TPSA) is 90.8 Å². The van der Waals surface area contributed by atoms with Crippen LogP contribution in [-0.4, -0.2) is 62.9 Å². The van der Waals surface area contributed by atoms with E-state index < -0.39 is 0 Å². The SMILES string of the molecule is NCCOCCOCCN1CC(N)CC1=O. The van der Waals surface area contributed by atoms with Crippen LogP contribution in [-0.2, 0) is 14.3 Å². The van der Waals surface area contributed by atoms with E-state index in [2.05, 4.69) is 0 Å². The van der Waals surface area contributed by atoms with E-state index in [1.54, 1.807) is 4.90 Å². The third-order valence-corrected chi connectivity index (χ3v) is 2.38. The van der Waals surface area contributed by atoms with E-state index in [9.17, 15) is 4.79 Å². The van der Waals surface area contributed by atoms with Crippen molar-refractivity contribution >= 4 is 5.91 Å². The maximum atomic E-state index is 11.3. The number of nitrogens with zero attached hydrogens (tertiary/aromatic N) is 1. The van der Waals surface area contributed by atoms with Crippen LogP contribution < -0.4 is 11.5 Å². The fraction of sp³-hybridized carbons (Fsp3) is 0.900. The zero-order chi connectivity index (χ0) is 11.8. The van der Waals surface area contributed by atoms with Crippen molar-refractivity contribution in [1.82, 2.24) is 4.90 Å². The van der Waals surface area contributed by atoms with Gasteiger partial charge in [0.2, 0.25) is 5.91 Å². The Morgan fingerprint density at radius 1 is 1.25 bits per heavy atom. The van der Waals surface area contributed by atoms with Crippen molar-refractivity contribution in [3.05, 3.63) is 0 Å². The summed E-state index contributed by atoms with van der Waals surface area (Å²) in [5, 5.41) is 0. The Morgan fingerprint density at radius 3 is 2.50 bits per heavy atom. The summed E-state index contributed by atoms with van der Waals surface area (Å²) < 4.78 is 10.5. The third kappa shape index (κ3) is 4.89. The summed E-state index contributed by atoms with van der Waals surface area (Å²) in [6.45, 7) is 3.96. The molecule has 0 aromatic carbocycles. The van der Waals surface area contributed by atoms with Gasteiger partial charge in [0, 0.05) is 32.1 Å². The molecule has 1 unspecified atom stereocenters. The second-order valence-electron chi connectivity index (χ2n) is 3.82. The largest absolute Gasteiger partial charge is 0.378 e. The molecule has 1 aliphatic heterocycles. The quantitative estimate of drug-likeness (QED) is 0.498. The van der Waals surface area contributed by atoms with E-state index in [-0.39, 0.29) is 11.9 Å². The van der Waals surface area contributed by atoms with Crippen molar-refractivity contribution in [1.29, 1.82) is 0 Å². The van der Waals surface area contributed by atoms with E-state index >= 15 is 0 Å². The summed E-state index contributed by atoms with van der Waals surface area (Å²) in [6, 6.07) is -0.0135. The summed E-state index contributed by atoms with van der Waals surface area (Å²) >= 11 is 0. The highest BCUT2D eigenvalue weighted by molar-refractivity contribution is 5.79. The molecule has 6 nitrogen and oxygen atoms in total. The Hall–Kier alpha value is -0.690. The lowest BCUT2D eigenvalue weighted by Gasteiger charge is -2.15. The van der Waals surface area contributed by atoms with Crippen LogP contribution in [0.25, 0.3) is 0 Å². The lowest BCUT2D eigenvalue weighted by molar-refractivity contribution is -0.128. The average molecular weight is 231 g/mol. The number of rotatable bonds is 8. The Bertz CT molecular complexity index is 213.